The number of nitrogens with zero attached hydrogens (tertiary/aromatic N) is 1. The van der Waals surface area contributed by atoms with Gasteiger partial charge in [-0.25, -0.2) is 4.39 Å². The normalized spacial score (nSPS) is 9.90. The van der Waals surface area contributed by atoms with E-state index in [1.54, 1.807) is 18.2 Å². The van der Waals surface area contributed by atoms with Gasteiger partial charge in [-0.2, -0.15) is 5.26 Å². The molecule has 0 aliphatic rings. The average molecular weight is 290 g/mol. The topological polar surface area (TPSA) is 50.1 Å². The Morgan fingerprint density at radius 1 is 1.25 bits per heavy atom. The number of hydrogen-bond acceptors (Lipinski definition) is 3. The van der Waals surface area contributed by atoms with Crippen LogP contribution in [0.15, 0.2) is 36.4 Å². The summed E-state index contributed by atoms with van der Waals surface area (Å²) < 4.78 is 18.9. The molecule has 0 unspecified atom stereocenters. The van der Waals surface area contributed by atoms with Gasteiger partial charge < -0.3 is 4.74 Å². The van der Waals surface area contributed by atoms with Gasteiger partial charge in [-0.15, -0.1) is 0 Å². The number of benzene rings is 2. The van der Waals surface area contributed by atoms with Gasteiger partial charge in [-0.1, -0.05) is 11.6 Å². The lowest BCUT2D eigenvalue weighted by atomic mass is 10.1. The van der Waals surface area contributed by atoms with Crippen LogP contribution in [0.4, 0.5) is 4.39 Å². The van der Waals surface area contributed by atoms with Gasteiger partial charge in [0.15, 0.2) is 5.78 Å². The molecule has 5 heteroatoms. The maximum atomic E-state index is 13.4. The lowest BCUT2D eigenvalue weighted by molar-refractivity contribution is 0.101. The van der Waals surface area contributed by atoms with E-state index in [4.69, 9.17) is 21.6 Å². The molecule has 0 saturated carbocycles. The minimum absolute atomic E-state index is 0.0534. The Kier molecular flexibility index (Phi) is 4.02. The van der Waals surface area contributed by atoms with Crippen molar-refractivity contribution in [1.29, 1.82) is 5.26 Å². The second-order valence-corrected chi connectivity index (χ2v) is 4.46. The van der Waals surface area contributed by atoms with Crippen LogP contribution < -0.4 is 4.74 Å². The fraction of sp³-hybridized carbons (Fsp3) is 0.0667. The summed E-state index contributed by atoms with van der Waals surface area (Å²) in [6.45, 7) is 1.41. The molecule has 0 spiro atoms. The molecule has 2 rings (SSSR count). The van der Waals surface area contributed by atoms with Crippen molar-refractivity contribution >= 4 is 17.4 Å². The predicted molar refractivity (Wildman–Crippen MR) is 72.6 cm³/mol. The maximum Gasteiger partial charge on any atom is 0.161 e. The molecule has 2 aromatic carbocycles. The van der Waals surface area contributed by atoms with Crippen molar-refractivity contribution in [3.63, 3.8) is 0 Å². The second kappa shape index (κ2) is 5.72. The molecule has 100 valence electrons. The molecule has 3 nitrogen and oxygen atoms in total. The summed E-state index contributed by atoms with van der Waals surface area (Å²) in [6.07, 6.45) is 0. The first-order chi connectivity index (χ1) is 9.51. The number of halogens is 2. The monoisotopic (exact) mass is 289 g/mol. The lowest BCUT2D eigenvalue weighted by Gasteiger charge is -2.08. The number of carbonyl (C=O) groups excluding carboxylic acids is 1. The molecule has 0 N–H and O–H groups in total. The Morgan fingerprint density at radius 2 is 1.90 bits per heavy atom. The standard InChI is InChI=1S/C15H9ClFNO2/c1-9(19)13-5-4-11(6-14(13)16)20-12-3-2-10(8-18)15(17)7-12/h2-7H,1H3. The zero-order valence-corrected chi connectivity index (χ0v) is 11.2. The highest BCUT2D eigenvalue weighted by Gasteiger charge is 2.08. The van der Waals surface area contributed by atoms with Crippen molar-refractivity contribution in [1.82, 2.24) is 0 Å². The zero-order valence-electron chi connectivity index (χ0n) is 10.5. The Labute approximate surface area is 120 Å². The van der Waals surface area contributed by atoms with Gasteiger partial charge in [0, 0.05) is 17.7 Å². The van der Waals surface area contributed by atoms with Gasteiger partial charge in [-0.3, -0.25) is 4.79 Å². The van der Waals surface area contributed by atoms with Crippen molar-refractivity contribution in [2.45, 2.75) is 6.92 Å². The van der Waals surface area contributed by atoms with E-state index in [0.29, 0.717) is 11.3 Å². The van der Waals surface area contributed by atoms with E-state index in [-0.39, 0.29) is 22.1 Å². The summed E-state index contributed by atoms with van der Waals surface area (Å²) in [4.78, 5) is 11.2. The van der Waals surface area contributed by atoms with Crippen molar-refractivity contribution in [2.75, 3.05) is 0 Å². The molecule has 2 aromatic rings. The first-order valence-corrected chi connectivity index (χ1v) is 6.07. The second-order valence-electron chi connectivity index (χ2n) is 4.05. The average Bonchev–Trinajstić information content (AvgIpc) is 2.38. The molecular weight excluding hydrogens is 281 g/mol. The molecule has 0 radical (unpaired) electrons. The predicted octanol–water partition coefficient (Wildman–Crippen LogP) is 4.35. The van der Waals surface area contributed by atoms with Crippen LogP contribution in [0.3, 0.4) is 0 Å². The van der Waals surface area contributed by atoms with Crippen LogP contribution in [0.1, 0.15) is 22.8 Å². The molecule has 0 aliphatic heterocycles. The van der Waals surface area contributed by atoms with Crippen LogP contribution >= 0.6 is 11.6 Å². The third-order valence-electron chi connectivity index (χ3n) is 2.62. The fourth-order valence-electron chi connectivity index (χ4n) is 1.63. The highest BCUT2D eigenvalue weighted by Crippen LogP contribution is 2.28. The number of carbonyl (C=O) groups is 1. The highest BCUT2D eigenvalue weighted by atomic mass is 35.5. The molecular formula is C15H9ClFNO2. The van der Waals surface area contributed by atoms with Gasteiger partial charge in [0.05, 0.1) is 10.6 Å². The van der Waals surface area contributed by atoms with E-state index in [0.717, 1.165) is 6.07 Å². The minimum Gasteiger partial charge on any atom is -0.457 e. The quantitative estimate of drug-likeness (QED) is 0.790. The van der Waals surface area contributed by atoms with Crippen LogP contribution in [0, 0.1) is 17.1 Å². The lowest BCUT2D eigenvalue weighted by Crippen LogP contribution is -1.94. The summed E-state index contributed by atoms with van der Waals surface area (Å²) in [5.74, 6) is -0.181. The molecule has 0 atom stereocenters. The highest BCUT2D eigenvalue weighted by molar-refractivity contribution is 6.34. The molecule has 0 amide bonds. The van der Waals surface area contributed by atoms with Crippen molar-refractivity contribution in [2.24, 2.45) is 0 Å². The summed E-state index contributed by atoms with van der Waals surface area (Å²) >= 11 is 5.95. The fourth-order valence-corrected chi connectivity index (χ4v) is 1.93. The van der Waals surface area contributed by atoms with Crippen molar-refractivity contribution < 1.29 is 13.9 Å². The number of ether oxygens (including phenoxy) is 1. The molecule has 0 aliphatic carbocycles. The van der Waals surface area contributed by atoms with E-state index >= 15 is 0 Å². The summed E-state index contributed by atoms with van der Waals surface area (Å²) in [5, 5.41) is 8.91. The molecule has 0 heterocycles. The first-order valence-electron chi connectivity index (χ1n) is 5.69. The van der Waals surface area contributed by atoms with Crippen LogP contribution in [0.2, 0.25) is 5.02 Å². The van der Waals surface area contributed by atoms with Crippen LogP contribution in [-0.2, 0) is 0 Å². The van der Waals surface area contributed by atoms with Gasteiger partial charge in [0.1, 0.15) is 23.4 Å². The summed E-state index contributed by atoms with van der Waals surface area (Å²) in [5.41, 5.74) is 0.340. The van der Waals surface area contributed by atoms with E-state index in [2.05, 4.69) is 0 Å². The molecule has 0 aromatic heterocycles. The first kappa shape index (κ1) is 14.0. The Morgan fingerprint density at radius 3 is 2.45 bits per heavy atom. The third kappa shape index (κ3) is 2.95. The van der Waals surface area contributed by atoms with Gasteiger partial charge in [-0.05, 0) is 31.2 Å². The van der Waals surface area contributed by atoms with Gasteiger partial charge in [0.25, 0.3) is 0 Å². The number of ketones is 1. The summed E-state index contributed by atoms with van der Waals surface area (Å²) in [6, 6.07) is 10.2. The number of Topliss-reactive ketones (excluding diaryl/α,β-unsaturated/α-hetero) is 1. The maximum absolute atomic E-state index is 13.4. The van der Waals surface area contributed by atoms with Crippen molar-refractivity contribution in [3.8, 4) is 17.6 Å². The molecule has 0 saturated heterocycles. The van der Waals surface area contributed by atoms with E-state index in [1.165, 1.54) is 25.1 Å². The van der Waals surface area contributed by atoms with Crippen LogP contribution in [0.5, 0.6) is 11.5 Å². The minimum atomic E-state index is -0.656. The van der Waals surface area contributed by atoms with Crippen molar-refractivity contribution in [3.05, 3.63) is 58.4 Å². The number of rotatable bonds is 3. The van der Waals surface area contributed by atoms with Crippen LogP contribution in [0.25, 0.3) is 0 Å². The smallest absolute Gasteiger partial charge is 0.161 e. The Hall–Kier alpha value is -2.38. The van der Waals surface area contributed by atoms with Gasteiger partial charge in [0.2, 0.25) is 0 Å². The molecule has 0 fully saturated rings. The van der Waals surface area contributed by atoms with Crippen LogP contribution in [-0.4, -0.2) is 5.78 Å². The van der Waals surface area contributed by atoms with Gasteiger partial charge >= 0.3 is 0 Å². The molecule has 20 heavy (non-hydrogen) atoms. The zero-order chi connectivity index (χ0) is 14.7. The van der Waals surface area contributed by atoms with E-state index in [1.807, 2.05) is 0 Å². The third-order valence-corrected chi connectivity index (χ3v) is 2.93. The number of nitriles is 1. The Balaban J connectivity index is 2.27. The van der Waals surface area contributed by atoms with E-state index in [9.17, 15) is 9.18 Å². The largest absolute Gasteiger partial charge is 0.457 e. The Bertz CT molecular complexity index is 722. The summed E-state index contributed by atoms with van der Waals surface area (Å²) in [7, 11) is 0. The molecule has 0 bridgehead atoms. The SMILES string of the molecule is CC(=O)c1ccc(Oc2ccc(C#N)c(F)c2)cc1Cl. The van der Waals surface area contributed by atoms with E-state index < -0.39 is 5.82 Å². The number of hydrogen-bond donors (Lipinski definition) is 0.